The Morgan fingerprint density at radius 3 is 2.57 bits per heavy atom. The third-order valence-corrected chi connectivity index (χ3v) is 5.08. The number of thioether (sulfide) groups is 1. The van der Waals surface area contributed by atoms with E-state index in [9.17, 15) is 5.11 Å². The molecule has 0 aliphatic carbocycles. The number of rotatable bonds is 6. The monoisotopic (exact) mass is 333 g/mol. The fraction of sp³-hybridized carbons (Fsp3) is 0.562. The number of para-hydroxylation sites is 1. The Bertz CT molecular complexity index is 583. The molecule has 2 heterocycles. The van der Waals surface area contributed by atoms with Crippen LogP contribution in [0.3, 0.4) is 0 Å². The molecule has 7 heteroatoms. The molecule has 1 aliphatic rings. The first-order valence-electron chi connectivity index (χ1n) is 8.20. The number of β-amino-alcohol motifs (C(OH)–C–C–N with tert-alkyl or cyclic N) is 1. The van der Waals surface area contributed by atoms with Gasteiger partial charge in [0.05, 0.1) is 11.8 Å². The Balaban J connectivity index is 1.53. The van der Waals surface area contributed by atoms with Crippen LogP contribution in [0.1, 0.15) is 25.7 Å². The van der Waals surface area contributed by atoms with Crippen molar-refractivity contribution < 1.29 is 5.11 Å². The van der Waals surface area contributed by atoms with Crippen molar-refractivity contribution >= 4 is 11.8 Å². The van der Waals surface area contributed by atoms with Crippen molar-refractivity contribution in [2.75, 3.05) is 25.4 Å². The Morgan fingerprint density at radius 1 is 1.09 bits per heavy atom. The van der Waals surface area contributed by atoms with Crippen LogP contribution in [0.5, 0.6) is 0 Å². The van der Waals surface area contributed by atoms with Crippen molar-refractivity contribution in [3.63, 3.8) is 0 Å². The molecule has 0 saturated carbocycles. The summed E-state index contributed by atoms with van der Waals surface area (Å²) in [6.45, 7) is 2.94. The van der Waals surface area contributed by atoms with Gasteiger partial charge in [0.15, 0.2) is 0 Å². The number of likely N-dealkylation sites (tertiary alicyclic amines) is 1. The average molecular weight is 333 g/mol. The van der Waals surface area contributed by atoms with E-state index in [4.69, 9.17) is 0 Å². The van der Waals surface area contributed by atoms with Crippen LogP contribution in [-0.4, -0.2) is 61.7 Å². The van der Waals surface area contributed by atoms with E-state index in [0.717, 1.165) is 25.3 Å². The molecule has 1 unspecified atom stereocenters. The largest absolute Gasteiger partial charge is 0.391 e. The number of nitrogens with zero attached hydrogens (tertiary/aromatic N) is 5. The van der Waals surface area contributed by atoms with E-state index in [2.05, 4.69) is 20.4 Å². The average Bonchev–Trinajstić information content (AvgIpc) is 2.91. The van der Waals surface area contributed by atoms with Crippen molar-refractivity contribution in [3.05, 3.63) is 30.3 Å². The zero-order valence-electron chi connectivity index (χ0n) is 13.2. The molecular formula is C16H23N5OS. The molecule has 1 fully saturated rings. The van der Waals surface area contributed by atoms with Crippen LogP contribution in [0, 0.1) is 0 Å². The van der Waals surface area contributed by atoms with Crippen molar-refractivity contribution in [1.82, 2.24) is 25.1 Å². The smallest absolute Gasteiger partial charge is 0.214 e. The summed E-state index contributed by atoms with van der Waals surface area (Å²) < 4.78 is 1.71. The lowest BCUT2D eigenvalue weighted by Crippen LogP contribution is -2.34. The molecule has 1 aromatic carbocycles. The molecule has 1 atom stereocenters. The first kappa shape index (κ1) is 16.4. The van der Waals surface area contributed by atoms with E-state index >= 15 is 0 Å². The highest BCUT2D eigenvalue weighted by atomic mass is 32.2. The minimum Gasteiger partial charge on any atom is -0.391 e. The zero-order valence-corrected chi connectivity index (χ0v) is 14.0. The third kappa shape index (κ3) is 4.76. The van der Waals surface area contributed by atoms with E-state index in [-0.39, 0.29) is 6.10 Å². The quantitative estimate of drug-likeness (QED) is 0.816. The van der Waals surface area contributed by atoms with E-state index < -0.39 is 0 Å². The number of hydrogen-bond acceptors (Lipinski definition) is 6. The Kier molecular flexibility index (Phi) is 6.01. The lowest BCUT2D eigenvalue weighted by Gasteiger charge is -2.22. The highest BCUT2D eigenvalue weighted by molar-refractivity contribution is 7.99. The molecule has 0 spiro atoms. The van der Waals surface area contributed by atoms with Gasteiger partial charge in [0.25, 0.3) is 0 Å². The second-order valence-electron chi connectivity index (χ2n) is 5.89. The molecular weight excluding hydrogens is 310 g/mol. The number of benzene rings is 1. The molecule has 0 amide bonds. The molecule has 0 bridgehead atoms. The fourth-order valence-electron chi connectivity index (χ4n) is 2.84. The summed E-state index contributed by atoms with van der Waals surface area (Å²) in [5, 5.41) is 22.9. The van der Waals surface area contributed by atoms with Gasteiger partial charge in [0.1, 0.15) is 0 Å². The van der Waals surface area contributed by atoms with Crippen molar-refractivity contribution in [1.29, 1.82) is 0 Å². The van der Waals surface area contributed by atoms with Gasteiger partial charge >= 0.3 is 0 Å². The summed E-state index contributed by atoms with van der Waals surface area (Å²) >= 11 is 1.50. The van der Waals surface area contributed by atoms with Crippen molar-refractivity contribution in [2.45, 2.75) is 36.9 Å². The topological polar surface area (TPSA) is 67.1 Å². The summed E-state index contributed by atoms with van der Waals surface area (Å²) in [6, 6.07) is 9.81. The van der Waals surface area contributed by atoms with Crippen LogP contribution in [0.25, 0.3) is 5.69 Å². The third-order valence-electron chi connectivity index (χ3n) is 4.01. The van der Waals surface area contributed by atoms with Gasteiger partial charge in [-0.2, -0.15) is 4.68 Å². The van der Waals surface area contributed by atoms with Crippen molar-refractivity contribution in [3.8, 4) is 5.69 Å². The van der Waals surface area contributed by atoms with E-state index in [0.29, 0.717) is 10.9 Å². The van der Waals surface area contributed by atoms with Crippen LogP contribution >= 0.6 is 11.8 Å². The molecule has 1 aliphatic heterocycles. The van der Waals surface area contributed by atoms with Gasteiger partial charge in [0, 0.05) is 12.3 Å². The minimum absolute atomic E-state index is 0.362. The molecule has 6 nitrogen and oxygen atoms in total. The van der Waals surface area contributed by atoms with Gasteiger partial charge in [-0.25, -0.2) is 0 Å². The molecule has 2 aromatic rings. The van der Waals surface area contributed by atoms with Gasteiger partial charge in [-0.1, -0.05) is 42.8 Å². The van der Waals surface area contributed by atoms with E-state index in [1.165, 1.54) is 37.4 Å². The van der Waals surface area contributed by atoms with Crippen molar-refractivity contribution in [2.24, 2.45) is 0 Å². The standard InChI is InChI=1S/C16H23N5OS/c22-15(12-20-10-6-1-2-7-11-20)13-23-16-17-18-19-21(16)14-8-4-3-5-9-14/h3-5,8-9,15,22H,1-2,6-7,10-13H2. The number of aromatic nitrogens is 4. The van der Waals surface area contributed by atoms with Crippen LogP contribution in [0.2, 0.25) is 0 Å². The number of aliphatic hydroxyl groups excluding tert-OH is 1. The zero-order chi connectivity index (χ0) is 15.9. The minimum atomic E-state index is -0.362. The first-order valence-corrected chi connectivity index (χ1v) is 9.18. The molecule has 124 valence electrons. The maximum atomic E-state index is 10.3. The lowest BCUT2D eigenvalue weighted by molar-refractivity contribution is 0.132. The summed E-state index contributed by atoms with van der Waals surface area (Å²) in [5.41, 5.74) is 0.932. The van der Waals surface area contributed by atoms with Gasteiger partial charge < -0.3 is 10.0 Å². The highest BCUT2D eigenvalue weighted by Gasteiger charge is 2.16. The Labute approximate surface area is 140 Å². The predicted molar refractivity (Wildman–Crippen MR) is 90.8 cm³/mol. The van der Waals surface area contributed by atoms with E-state index in [1.807, 2.05) is 30.3 Å². The van der Waals surface area contributed by atoms with Crippen LogP contribution in [0.4, 0.5) is 0 Å². The van der Waals surface area contributed by atoms with Gasteiger partial charge in [-0.15, -0.1) is 5.10 Å². The maximum Gasteiger partial charge on any atom is 0.214 e. The number of aliphatic hydroxyl groups is 1. The molecule has 1 aromatic heterocycles. The summed E-state index contributed by atoms with van der Waals surface area (Å²) in [7, 11) is 0. The van der Waals surface area contributed by atoms with Gasteiger partial charge in [0.2, 0.25) is 5.16 Å². The van der Waals surface area contributed by atoms with E-state index in [1.54, 1.807) is 4.68 Å². The number of hydrogen-bond donors (Lipinski definition) is 1. The molecule has 1 saturated heterocycles. The van der Waals surface area contributed by atoms with Crippen LogP contribution in [0.15, 0.2) is 35.5 Å². The molecule has 3 rings (SSSR count). The second-order valence-corrected chi connectivity index (χ2v) is 6.88. The fourth-order valence-corrected chi connectivity index (χ4v) is 3.65. The predicted octanol–water partition coefficient (Wildman–Crippen LogP) is 1.99. The Morgan fingerprint density at radius 2 is 1.83 bits per heavy atom. The van der Waals surface area contributed by atoms with Crippen LogP contribution < -0.4 is 0 Å². The summed E-state index contributed by atoms with van der Waals surface area (Å²) in [4.78, 5) is 2.37. The van der Waals surface area contributed by atoms with Gasteiger partial charge in [-0.3, -0.25) is 0 Å². The van der Waals surface area contributed by atoms with Gasteiger partial charge in [-0.05, 0) is 48.5 Å². The normalized spacial score (nSPS) is 17.8. The number of tetrazole rings is 1. The molecule has 0 radical (unpaired) electrons. The first-order chi connectivity index (χ1) is 11.3. The van der Waals surface area contributed by atoms with Crippen LogP contribution in [-0.2, 0) is 0 Å². The summed E-state index contributed by atoms with van der Waals surface area (Å²) in [5.74, 6) is 0.601. The molecule has 23 heavy (non-hydrogen) atoms. The second kappa shape index (κ2) is 8.42. The maximum absolute atomic E-state index is 10.3. The highest BCUT2D eigenvalue weighted by Crippen LogP contribution is 2.19. The molecule has 1 N–H and O–H groups in total. The Hall–Kier alpha value is -1.44. The SMILES string of the molecule is OC(CSc1nnnn1-c1ccccc1)CN1CCCCCC1. The lowest BCUT2D eigenvalue weighted by atomic mass is 10.2. The summed E-state index contributed by atoms with van der Waals surface area (Å²) in [6.07, 6.45) is 4.75.